The third-order valence-corrected chi connectivity index (χ3v) is 6.13. The van der Waals surface area contributed by atoms with Crippen LogP contribution in [0.1, 0.15) is 56.5 Å². The number of aromatic nitrogens is 2. The molecule has 2 aliphatic rings. The number of carbonyl (C=O) groups excluding carboxylic acids is 2. The molecule has 1 aromatic heterocycles. The number of hydrogen-bond acceptors (Lipinski definition) is 5. The summed E-state index contributed by atoms with van der Waals surface area (Å²) in [6.45, 7) is 5.39. The summed E-state index contributed by atoms with van der Waals surface area (Å²) in [5.41, 5.74) is 0.726. The molecule has 0 saturated carbocycles. The van der Waals surface area contributed by atoms with Gasteiger partial charge < -0.3 is 15.2 Å². The van der Waals surface area contributed by atoms with Gasteiger partial charge in [0.25, 0.3) is 5.56 Å². The number of nitrogens with one attached hydrogen (secondary N) is 2. The van der Waals surface area contributed by atoms with Crippen molar-refractivity contribution in [1.82, 2.24) is 25.1 Å². The topological polar surface area (TPSA) is 98.4 Å². The lowest BCUT2D eigenvalue weighted by Crippen LogP contribution is -2.44. The van der Waals surface area contributed by atoms with Gasteiger partial charge in [-0.15, -0.1) is 0 Å². The largest absolute Gasteiger partial charge is 0.355 e. The number of hydrogen-bond donors (Lipinski definition) is 2. The number of aryl methyl sites for hydroxylation is 1. The van der Waals surface area contributed by atoms with Crippen LogP contribution in [0.2, 0.25) is 0 Å². The van der Waals surface area contributed by atoms with E-state index in [1.165, 1.54) is 6.92 Å². The van der Waals surface area contributed by atoms with Crippen molar-refractivity contribution in [2.24, 2.45) is 0 Å². The van der Waals surface area contributed by atoms with Gasteiger partial charge in [0.15, 0.2) is 0 Å². The molecule has 3 heterocycles. The van der Waals surface area contributed by atoms with E-state index in [4.69, 9.17) is 0 Å². The first-order valence-electron chi connectivity index (χ1n) is 10.2. The van der Waals surface area contributed by atoms with Crippen molar-refractivity contribution in [3.8, 4) is 0 Å². The fraction of sp³-hybridized carbons (Fsp3) is 0.700. The van der Waals surface area contributed by atoms with Gasteiger partial charge in [-0.05, 0) is 39.7 Å². The van der Waals surface area contributed by atoms with Crippen molar-refractivity contribution in [1.29, 1.82) is 0 Å². The molecule has 0 spiro atoms. The zero-order valence-electron chi connectivity index (χ0n) is 17.0. The standard InChI is InChI=1S/C20H31N5O3/c1-13-22-18(11-19(27)23-13)15-6-8-25(9-7-15)20(28)10-16-4-5-17(24(16)3)12-21-14(2)26/h11,15-17H,4-10,12H2,1-3H3,(H,21,26)(H,22,23,27)/t16-,17+/m0/s1. The lowest BCUT2D eigenvalue weighted by Gasteiger charge is -2.33. The van der Waals surface area contributed by atoms with Crippen LogP contribution < -0.4 is 10.9 Å². The normalized spacial score (nSPS) is 23.8. The first-order valence-corrected chi connectivity index (χ1v) is 10.2. The molecule has 2 fully saturated rings. The average Bonchev–Trinajstić information content (AvgIpc) is 2.99. The zero-order chi connectivity index (χ0) is 20.3. The number of likely N-dealkylation sites (tertiary alicyclic amines) is 2. The molecular weight excluding hydrogens is 358 g/mol. The Morgan fingerprint density at radius 1 is 1.21 bits per heavy atom. The van der Waals surface area contributed by atoms with Crippen molar-refractivity contribution in [2.45, 2.75) is 64.0 Å². The monoisotopic (exact) mass is 389 g/mol. The third kappa shape index (κ3) is 4.98. The maximum absolute atomic E-state index is 12.8. The predicted molar refractivity (Wildman–Crippen MR) is 106 cm³/mol. The summed E-state index contributed by atoms with van der Waals surface area (Å²) < 4.78 is 0. The molecule has 0 aromatic carbocycles. The number of carbonyl (C=O) groups is 2. The van der Waals surface area contributed by atoms with E-state index < -0.39 is 0 Å². The fourth-order valence-corrected chi connectivity index (χ4v) is 4.41. The molecule has 2 aliphatic heterocycles. The summed E-state index contributed by atoms with van der Waals surface area (Å²) in [4.78, 5) is 46.9. The highest BCUT2D eigenvalue weighted by Crippen LogP contribution is 2.28. The highest BCUT2D eigenvalue weighted by molar-refractivity contribution is 5.77. The van der Waals surface area contributed by atoms with Crippen molar-refractivity contribution in [3.05, 3.63) is 27.9 Å². The van der Waals surface area contributed by atoms with Crippen LogP contribution in [0, 0.1) is 6.92 Å². The van der Waals surface area contributed by atoms with Gasteiger partial charge in [-0.25, -0.2) is 4.98 Å². The van der Waals surface area contributed by atoms with E-state index in [1.54, 1.807) is 13.0 Å². The number of H-pyrrole nitrogens is 1. The van der Waals surface area contributed by atoms with Crippen molar-refractivity contribution in [3.63, 3.8) is 0 Å². The van der Waals surface area contributed by atoms with Gasteiger partial charge in [-0.2, -0.15) is 0 Å². The number of aromatic amines is 1. The number of amides is 2. The summed E-state index contributed by atoms with van der Waals surface area (Å²) in [5, 5.41) is 2.88. The molecule has 1 aromatic rings. The fourth-order valence-electron chi connectivity index (χ4n) is 4.41. The van der Waals surface area contributed by atoms with E-state index in [-0.39, 0.29) is 29.3 Å². The van der Waals surface area contributed by atoms with E-state index in [9.17, 15) is 14.4 Å². The van der Waals surface area contributed by atoms with Gasteiger partial charge in [-0.3, -0.25) is 19.3 Å². The van der Waals surface area contributed by atoms with Crippen LogP contribution in [0.3, 0.4) is 0 Å². The van der Waals surface area contributed by atoms with Gasteiger partial charge in [0, 0.05) is 57.0 Å². The molecule has 2 saturated heterocycles. The van der Waals surface area contributed by atoms with Crippen LogP contribution in [-0.4, -0.2) is 70.3 Å². The third-order valence-electron chi connectivity index (χ3n) is 6.13. The Hall–Kier alpha value is -2.22. The summed E-state index contributed by atoms with van der Waals surface area (Å²) in [5.74, 6) is 1.06. The first-order chi connectivity index (χ1) is 13.3. The molecule has 8 heteroatoms. The highest BCUT2D eigenvalue weighted by Gasteiger charge is 2.33. The molecule has 28 heavy (non-hydrogen) atoms. The Morgan fingerprint density at radius 2 is 1.89 bits per heavy atom. The van der Waals surface area contributed by atoms with Crippen molar-refractivity contribution >= 4 is 11.8 Å². The predicted octanol–water partition coefficient (Wildman–Crippen LogP) is 0.773. The molecule has 2 atom stereocenters. The molecule has 0 aliphatic carbocycles. The van der Waals surface area contributed by atoms with Gasteiger partial charge in [0.1, 0.15) is 5.82 Å². The molecule has 8 nitrogen and oxygen atoms in total. The summed E-state index contributed by atoms with van der Waals surface area (Å²) >= 11 is 0. The van der Waals surface area contributed by atoms with Gasteiger partial charge >= 0.3 is 0 Å². The molecule has 3 rings (SSSR count). The lowest BCUT2D eigenvalue weighted by atomic mass is 9.93. The van der Waals surface area contributed by atoms with E-state index >= 15 is 0 Å². The van der Waals surface area contributed by atoms with Gasteiger partial charge in [0.2, 0.25) is 11.8 Å². The van der Waals surface area contributed by atoms with E-state index in [0.717, 1.165) is 31.4 Å². The molecule has 2 amide bonds. The Morgan fingerprint density at radius 3 is 2.54 bits per heavy atom. The molecule has 0 bridgehead atoms. The Kier molecular flexibility index (Phi) is 6.49. The Bertz CT molecular complexity index is 769. The SMILES string of the molecule is CC(=O)NC[C@H]1CC[C@@H](CC(=O)N2CCC(c3cc(=O)[nH]c(C)n3)CC2)N1C. The average molecular weight is 390 g/mol. The summed E-state index contributed by atoms with van der Waals surface area (Å²) in [6.07, 6.45) is 4.20. The number of likely N-dealkylation sites (N-methyl/N-ethyl adjacent to an activating group) is 1. The maximum Gasteiger partial charge on any atom is 0.251 e. The second kappa shape index (κ2) is 8.86. The number of piperidine rings is 1. The summed E-state index contributed by atoms with van der Waals surface area (Å²) in [7, 11) is 2.05. The summed E-state index contributed by atoms with van der Waals surface area (Å²) in [6, 6.07) is 2.12. The minimum absolute atomic E-state index is 0.0131. The van der Waals surface area contributed by atoms with Crippen LogP contribution in [0.5, 0.6) is 0 Å². The molecule has 0 unspecified atom stereocenters. The Labute approximate surface area is 165 Å². The maximum atomic E-state index is 12.8. The van der Waals surface area contributed by atoms with E-state index in [0.29, 0.717) is 37.9 Å². The Balaban J connectivity index is 1.49. The van der Waals surface area contributed by atoms with Crippen LogP contribution in [0.25, 0.3) is 0 Å². The lowest BCUT2D eigenvalue weighted by molar-refractivity contribution is -0.133. The quantitative estimate of drug-likeness (QED) is 0.775. The van der Waals surface area contributed by atoms with Gasteiger partial charge in [0.05, 0.1) is 5.69 Å². The van der Waals surface area contributed by atoms with E-state index in [1.807, 2.05) is 11.9 Å². The van der Waals surface area contributed by atoms with Crippen LogP contribution in [-0.2, 0) is 9.59 Å². The zero-order valence-corrected chi connectivity index (χ0v) is 17.0. The first kappa shape index (κ1) is 20.5. The smallest absolute Gasteiger partial charge is 0.251 e. The number of rotatable bonds is 5. The molecule has 2 N–H and O–H groups in total. The van der Waals surface area contributed by atoms with Crippen LogP contribution in [0.15, 0.2) is 10.9 Å². The van der Waals surface area contributed by atoms with Crippen LogP contribution >= 0.6 is 0 Å². The van der Waals surface area contributed by atoms with Crippen molar-refractivity contribution < 1.29 is 9.59 Å². The second-order valence-electron chi connectivity index (χ2n) is 8.10. The number of nitrogens with zero attached hydrogens (tertiary/aromatic N) is 3. The molecule has 0 radical (unpaired) electrons. The highest BCUT2D eigenvalue weighted by atomic mass is 16.2. The van der Waals surface area contributed by atoms with Crippen molar-refractivity contribution in [2.75, 3.05) is 26.7 Å². The minimum atomic E-state index is -0.112. The molecular formula is C20H31N5O3. The minimum Gasteiger partial charge on any atom is -0.355 e. The van der Waals surface area contributed by atoms with Gasteiger partial charge in [-0.1, -0.05) is 0 Å². The second-order valence-corrected chi connectivity index (χ2v) is 8.10. The van der Waals surface area contributed by atoms with Crippen LogP contribution in [0.4, 0.5) is 0 Å². The van der Waals surface area contributed by atoms with E-state index in [2.05, 4.69) is 20.2 Å². The molecule has 154 valence electrons.